The Kier molecular flexibility index (Phi) is 1.94. The molecule has 4 aliphatic carbocycles. The summed E-state index contributed by atoms with van der Waals surface area (Å²) in [5.74, 6) is 3.67. The van der Waals surface area contributed by atoms with E-state index in [2.05, 4.69) is 0 Å². The summed E-state index contributed by atoms with van der Waals surface area (Å²) in [6.07, 6.45) is 7.19. The first kappa shape index (κ1) is 9.17. The minimum Gasteiger partial charge on any atom is -0.330 e. The topological polar surface area (TPSA) is 52.0 Å². The second kappa shape index (κ2) is 2.96. The van der Waals surface area contributed by atoms with Gasteiger partial charge in [-0.1, -0.05) is 0 Å². The lowest BCUT2D eigenvalue weighted by atomic mass is 9.45. The van der Waals surface area contributed by atoms with Crippen LogP contribution in [0.2, 0.25) is 0 Å². The predicted molar refractivity (Wildman–Crippen MR) is 57.6 cm³/mol. The third-order valence-corrected chi connectivity index (χ3v) is 5.35. The highest BCUT2D eigenvalue weighted by atomic mass is 14.7. The number of hydrogen-bond donors (Lipinski definition) is 2. The molecular weight excluding hydrogens is 172 g/mol. The summed E-state index contributed by atoms with van der Waals surface area (Å²) in [7, 11) is 0. The van der Waals surface area contributed by atoms with Crippen LogP contribution in [-0.2, 0) is 0 Å². The van der Waals surface area contributed by atoms with Crippen molar-refractivity contribution in [3.05, 3.63) is 0 Å². The summed E-state index contributed by atoms with van der Waals surface area (Å²) < 4.78 is 0. The van der Waals surface area contributed by atoms with E-state index < -0.39 is 0 Å². The molecule has 0 radical (unpaired) electrons. The van der Waals surface area contributed by atoms with Crippen LogP contribution in [0, 0.1) is 29.1 Å². The molecule has 4 aliphatic rings. The Morgan fingerprint density at radius 2 is 1.64 bits per heavy atom. The predicted octanol–water partition coefficient (Wildman–Crippen LogP) is 1.35. The van der Waals surface area contributed by atoms with Crippen LogP contribution < -0.4 is 11.5 Å². The van der Waals surface area contributed by atoms with E-state index in [0.717, 1.165) is 36.8 Å². The van der Waals surface area contributed by atoms with E-state index in [1.807, 2.05) is 0 Å². The van der Waals surface area contributed by atoms with Crippen LogP contribution in [0.1, 0.15) is 32.1 Å². The summed E-state index contributed by atoms with van der Waals surface area (Å²) in [4.78, 5) is 0. The quantitative estimate of drug-likeness (QED) is 0.697. The fraction of sp³-hybridized carbons (Fsp3) is 1.00. The number of hydrogen-bond acceptors (Lipinski definition) is 2. The Morgan fingerprint density at radius 3 is 2.14 bits per heavy atom. The van der Waals surface area contributed by atoms with Crippen molar-refractivity contribution in [2.75, 3.05) is 13.1 Å². The van der Waals surface area contributed by atoms with Gasteiger partial charge in [0.15, 0.2) is 0 Å². The summed E-state index contributed by atoms with van der Waals surface area (Å²) >= 11 is 0. The zero-order valence-corrected chi connectivity index (χ0v) is 8.91. The highest BCUT2D eigenvalue weighted by Crippen LogP contribution is 2.62. The van der Waals surface area contributed by atoms with Crippen LogP contribution in [0.3, 0.4) is 0 Å². The minimum absolute atomic E-state index is 0.462. The van der Waals surface area contributed by atoms with Gasteiger partial charge >= 0.3 is 0 Å². The normalized spacial score (nSPS) is 55.3. The lowest BCUT2D eigenvalue weighted by Gasteiger charge is -2.61. The van der Waals surface area contributed by atoms with Gasteiger partial charge in [0.05, 0.1) is 0 Å². The highest BCUT2D eigenvalue weighted by molar-refractivity contribution is 5.06. The van der Waals surface area contributed by atoms with E-state index in [-0.39, 0.29) is 0 Å². The first-order valence-electron chi connectivity index (χ1n) is 6.17. The molecule has 4 fully saturated rings. The van der Waals surface area contributed by atoms with Crippen molar-refractivity contribution >= 4 is 0 Å². The van der Waals surface area contributed by atoms with Crippen LogP contribution >= 0.6 is 0 Å². The summed E-state index contributed by atoms with van der Waals surface area (Å²) in [5.41, 5.74) is 12.5. The molecule has 0 aromatic carbocycles. The van der Waals surface area contributed by atoms with Crippen LogP contribution in [0.5, 0.6) is 0 Å². The van der Waals surface area contributed by atoms with Gasteiger partial charge in [0, 0.05) is 0 Å². The van der Waals surface area contributed by atoms with Gasteiger partial charge < -0.3 is 11.5 Å². The van der Waals surface area contributed by atoms with Crippen LogP contribution in [0.4, 0.5) is 0 Å². The van der Waals surface area contributed by atoms with E-state index in [0.29, 0.717) is 5.41 Å². The van der Waals surface area contributed by atoms with E-state index >= 15 is 0 Å². The molecule has 2 heteroatoms. The maximum Gasteiger partial charge on any atom is -0.00171 e. The zero-order chi connectivity index (χ0) is 9.76. The van der Waals surface area contributed by atoms with Gasteiger partial charge in [-0.05, 0) is 74.3 Å². The molecule has 0 heterocycles. The van der Waals surface area contributed by atoms with Crippen LogP contribution in [0.25, 0.3) is 0 Å². The molecule has 3 unspecified atom stereocenters. The summed E-state index contributed by atoms with van der Waals surface area (Å²) in [6.45, 7) is 1.76. The van der Waals surface area contributed by atoms with Crippen LogP contribution in [-0.4, -0.2) is 13.1 Å². The molecule has 0 amide bonds. The second-order valence-corrected chi connectivity index (χ2v) is 6.02. The SMILES string of the molecule is NCC1C2CC3CC(C2)CC1(CN)C3. The Labute approximate surface area is 86.4 Å². The molecule has 0 aromatic rings. The number of nitrogens with two attached hydrogens (primary N) is 2. The van der Waals surface area contributed by atoms with E-state index in [9.17, 15) is 0 Å². The molecule has 0 spiro atoms. The molecule has 4 N–H and O–H groups in total. The van der Waals surface area contributed by atoms with E-state index in [1.54, 1.807) is 0 Å². The van der Waals surface area contributed by atoms with Crippen molar-refractivity contribution < 1.29 is 0 Å². The molecule has 3 atom stereocenters. The van der Waals surface area contributed by atoms with Gasteiger partial charge in [0.1, 0.15) is 0 Å². The Balaban J connectivity index is 1.94. The Morgan fingerprint density at radius 1 is 1.00 bits per heavy atom. The first-order chi connectivity index (χ1) is 6.77. The minimum atomic E-state index is 0.462. The third-order valence-electron chi connectivity index (χ3n) is 5.35. The molecule has 0 saturated heterocycles. The molecule has 0 aliphatic heterocycles. The molecule has 0 aromatic heterocycles. The molecule has 4 rings (SSSR count). The average Bonchev–Trinajstić information content (AvgIpc) is 2.16. The maximum atomic E-state index is 6.04. The Bertz CT molecular complexity index is 224. The van der Waals surface area contributed by atoms with Gasteiger partial charge in [-0.15, -0.1) is 0 Å². The van der Waals surface area contributed by atoms with Crippen molar-refractivity contribution in [3.8, 4) is 0 Å². The Hall–Kier alpha value is -0.0800. The second-order valence-electron chi connectivity index (χ2n) is 6.02. The lowest BCUT2D eigenvalue weighted by molar-refractivity contribution is -0.0994. The van der Waals surface area contributed by atoms with Gasteiger partial charge in [-0.3, -0.25) is 0 Å². The fourth-order valence-electron chi connectivity index (χ4n) is 5.07. The third kappa shape index (κ3) is 1.04. The van der Waals surface area contributed by atoms with E-state index in [1.165, 1.54) is 32.1 Å². The van der Waals surface area contributed by atoms with Crippen molar-refractivity contribution in [2.24, 2.45) is 40.6 Å². The monoisotopic (exact) mass is 194 g/mol. The van der Waals surface area contributed by atoms with Crippen molar-refractivity contribution in [3.63, 3.8) is 0 Å². The standard InChI is InChI=1S/C12H22N2/c13-6-11-10-2-8-1-9(3-10)5-12(11,4-8)7-14/h8-11H,1-7,13-14H2. The summed E-state index contributed by atoms with van der Waals surface area (Å²) in [5, 5.41) is 0. The average molecular weight is 194 g/mol. The molecular formula is C12H22N2. The van der Waals surface area contributed by atoms with Gasteiger partial charge in [-0.2, -0.15) is 0 Å². The van der Waals surface area contributed by atoms with Crippen molar-refractivity contribution in [1.29, 1.82) is 0 Å². The van der Waals surface area contributed by atoms with Gasteiger partial charge in [0.2, 0.25) is 0 Å². The van der Waals surface area contributed by atoms with E-state index in [4.69, 9.17) is 11.5 Å². The molecule has 2 nitrogen and oxygen atoms in total. The van der Waals surface area contributed by atoms with Crippen molar-refractivity contribution in [2.45, 2.75) is 32.1 Å². The lowest BCUT2D eigenvalue weighted by Crippen LogP contribution is -2.57. The molecule has 80 valence electrons. The van der Waals surface area contributed by atoms with Gasteiger partial charge in [0.25, 0.3) is 0 Å². The largest absolute Gasteiger partial charge is 0.330 e. The molecule has 14 heavy (non-hydrogen) atoms. The first-order valence-corrected chi connectivity index (χ1v) is 6.17. The maximum absolute atomic E-state index is 6.04. The van der Waals surface area contributed by atoms with Gasteiger partial charge in [-0.25, -0.2) is 0 Å². The fourth-order valence-corrected chi connectivity index (χ4v) is 5.07. The molecule has 4 bridgehead atoms. The smallest absolute Gasteiger partial charge is 0.00171 e. The number of rotatable bonds is 2. The van der Waals surface area contributed by atoms with Crippen LogP contribution in [0.15, 0.2) is 0 Å². The summed E-state index contributed by atoms with van der Waals surface area (Å²) in [6, 6.07) is 0. The van der Waals surface area contributed by atoms with Crippen molar-refractivity contribution in [1.82, 2.24) is 0 Å². The zero-order valence-electron chi connectivity index (χ0n) is 8.91. The molecule has 4 saturated carbocycles. The highest BCUT2D eigenvalue weighted by Gasteiger charge is 2.55.